The van der Waals surface area contributed by atoms with Gasteiger partial charge in [0.05, 0.1) is 18.2 Å². The van der Waals surface area contributed by atoms with E-state index in [1.54, 1.807) is 19.3 Å². The van der Waals surface area contributed by atoms with Crippen molar-refractivity contribution in [3.8, 4) is 0 Å². The number of hydrogen-bond donors (Lipinski definition) is 4. The molecule has 0 saturated heterocycles. The molecule has 1 heterocycles. The maximum Gasteiger partial charge on any atom is 0.327 e. The number of rotatable bonds is 1. The van der Waals surface area contributed by atoms with Gasteiger partial charge in [-0.2, -0.15) is 0 Å². The number of aromatic nitrogens is 2. The van der Waals surface area contributed by atoms with Crippen LogP contribution in [0, 0.1) is 5.92 Å². The highest BCUT2D eigenvalue weighted by atomic mass is 16.3. The van der Waals surface area contributed by atoms with Crippen LogP contribution in [-0.2, 0) is 0 Å². The van der Waals surface area contributed by atoms with Gasteiger partial charge in [0.25, 0.3) is 0 Å². The summed E-state index contributed by atoms with van der Waals surface area (Å²) in [6, 6.07) is 1.04. The highest BCUT2D eigenvalue weighted by Gasteiger charge is 2.48. The molecule has 0 unspecified atom stereocenters. The Kier molecular flexibility index (Phi) is 3.56. The second-order valence-electron chi connectivity index (χ2n) is 5.62. The molecule has 0 aromatic carbocycles. The molecule has 0 radical (unpaired) electrons. The van der Waals surface area contributed by atoms with Gasteiger partial charge in [0, 0.05) is 19.2 Å². The van der Waals surface area contributed by atoms with Crippen LogP contribution in [0.25, 0.3) is 0 Å². The van der Waals surface area contributed by atoms with Crippen molar-refractivity contribution in [2.45, 2.75) is 37.2 Å². The van der Waals surface area contributed by atoms with Gasteiger partial charge in [0.1, 0.15) is 11.6 Å². The summed E-state index contributed by atoms with van der Waals surface area (Å²) in [4.78, 5) is 18.7. The molecule has 0 bridgehead atoms. The fourth-order valence-electron chi connectivity index (χ4n) is 3.36. The number of nitrogens with one attached hydrogen (secondary N) is 1. The number of H-pyrrole nitrogens is 1. The van der Waals surface area contributed by atoms with E-state index < -0.39 is 24.4 Å². The minimum Gasteiger partial charge on any atom is -0.393 e. The highest BCUT2D eigenvalue weighted by molar-refractivity contribution is 5.27. The molecule has 3 rings (SSSR count). The molecular formula is C14H19N3O4. The summed E-state index contributed by atoms with van der Waals surface area (Å²) in [6.07, 6.45) is 1.72. The van der Waals surface area contributed by atoms with Gasteiger partial charge in [-0.1, -0.05) is 6.08 Å². The van der Waals surface area contributed by atoms with Crippen LogP contribution >= 0.6 is 0 Å². The van der Waals surface area contributed by atoms with Gasteiger partial charge in [0.15, 0.2) is 0 Å². The van der Waals surface area contributed by atoms with E-state index in [4.69, 9.17) is 0 Å². The van der Waals surface area contributed by atoms with E-state index in [1.165, 1.54) is 4.57 Å². The lowest BCUT2D eigenvalue weighted by atomic mass is 9.86. The molecule has 7 nitrogen and oxygen atoms in total. The van der Waals surface area contributed by atoms with Crippen LogP contribution in [0.3, 0.4) is 0 Å². The van der Waals surface area contributed by atoms with Gasteiger partial charge in [-0.25, -0.2) is 4.79 Å². The summed E-state index contributed by atoms with van der Waals surface area (Å²) in [5.74, 6) is -0.309. The van der Waals surface area contributed by atoms with Crippen molar-refractivity contribution in [2.75, 3.05) is 7.05 Å². The zero-order valence-electron chi connectivity index (χ0n) is 11.7. The summed E-state index contributed by atoms with van der Waals surface area (Å²) in [7, 11) is 1.57. The smallest absolute Gasteiger partial charge is 0.327 e. The van der Waals surface area contributed by atoms with Crippen LogP contribution in [0.1, 0.15) is 18.9 Å². The predicted molar refractivity (Wildman–Crippen MR) is 74.4 cm³/mol. The molecule has 0 spiro atoms. The fourth-order valence-corrected chi connectivity index (χ4v) is 3.36. The van der Waals surface area contributed by atoms with Gasteiger partial charge in [-0.05, 0) is 24.5 Å². The Labute approximate surface area is 120 Å². The zero-order valence-corrected chi connectivity index (χ0v) is 11.7. The molecule has 1 fully saturated rings. The minimum absolute atomic E-state index is 0.309. The van der Waals surface area contributed by atoms with Gasteiger partial charge < -0.3 is 15.3 Å². The normalized spacial score (nSPS) is 36.5. The highest BCUT2D eigenvalue weighted by Crippen LogP contribution is 2.44. The molecule has 0 amide bonds. The average molecular weight is 293 g/mol. The van der Waals surface area contributed by atoms with Gasteiger partial charge in [-0.3, -0.25) is 14.5 Å². The third kappa shape index (κ3) is 2.27. The first-order chi connectivity index (χ1) is 10.0. The van der Waals surface area contributed by atoms with E-state index in [9.17, 15) is 20.1 Å². The van der Waals surface area contributed by atoms with Crippen molar-refractivity contribution < 1.29 is 15.3 Å². The fraction of sp³-hybridized carbons (Fsp3) is 0.571. The maximum absolute atomic E-state index is 12.2. The number of hydrogen-bond acceptors (Lipinski definition) is 5. The molecule has 2 aliphatic rings. The van der Waals surface area contributed by atoms with Crippen molar-refractivity contribution in [3.05, 3.63) is 39.9 Å². The number of nitrogens with zero attached hydrogens (tertiary/aromatic N) is 2. The van der Waals surface area contributed by atoms with Crippen molar-refractivity contribution in [3.63, 3.8) is 0 Å². The Balaban J connectivity index is 2.07. The summed E-state index contributed by atoms with van der Waals surface area (Å²) < 4.78 is 1.38. The Morgan fingerprint density at radius 1 is 1.33 bits per heavy atom. The molecule has 114 valence electrons. The monoisotopic (exact) mass is 293 g/mol. The quantitative estimate of drug-likeness (QED) is 0.481. The summed E-state index contributed by atoms with van der Waals surface area (Å²) in [5, 5.41) is 30.2. The van der Waals surface area contributed by atoms with Crippen LogP contribution in [-0.4, -0.2) is 50.2 Å². The number of aliphatic hydroxyl groups is 3. The first-order valence-electron chi connectivity index (χ1n) is 7.01. The lowest BCUT2D eigenvalue weighted by molar-refractivity contribution is -0.00394. The van der Waals surface area contributed by atoms with Crippen LogP contribution in [0.4, 0.5) is 0 Å². The molecule has 1 aromatic heterocycles. The Morgan fingerprint density at radius 2 is 2.10 bits per heavy atom. The Morgan fingerprint density at radius 3 is 2.76 bits per heavy atom. The van der Waals surface area contributed by atoms with Crippen LogP contribution in [0.15, 0.2) is 33.7 Å². The van der Waals surface area contributed by atoms with Crippen LogP contribution in [0.2, 0.25) is 0 Å². The first kappa shape index (κ1) is 14.2. The molecule has 2 aliphatic carbocycles. The zero-order chi connectivity index (χ0) is 15.1. The SMILES string of the molecule is C/N=c1/ccn([C@@H]2C3=CC[C@@H](O)C[C@@H]3[C@@H](O)[C@H]2O)c(=O)[nH]1. The van der Waals surface area contributed by atoms with Crippen molar-refractivity contribution in [1.29, 1.82) is 0 Å². The standard InChI is InChI=1S/C14H19N3O4/c1-15-10-4-5-17(14(21)16-10)11-8-3-2-7(18)6-9(8)12(19)13(11)20/h3-5,7,9,11-13,18-20H,2,6H2,1H3,(H,15,16,21)/t7-,9+,11-,12-,13+/m1/s1. The number of aromatic amines is 1. The topological polar surface area (TPSA) is 111 Å². The lowest BCUT2D eigenvalue weighted by Crippen LogP contribution is -2.37. The van der Waals surface area contributed by atoms with E-state index in [0.29, 0.717) is 18.3 Å². The average Bonchev–Trinajstić information content (AvgIpc) is 2.71. The summed E-state index contributed by atoms with van der Waals surface area (Å²) in [5.41, 5.74) is 0.882. The van der Waals surface area contributed by atoms with Crippen molar-refractivity contribution in [2.24, 2.45) is 10.9 Å². The Bertz CT molecular complexity index is 690. The van der Waals surface area contributed by atoms with E-state index in [2.05, 4.69) is 9.98 Å². The predicted octanol–water partition coefficient (Wildman–Crippen LogP) is -1.32. The molecule has 21 heavy (non-hydrogen) atoms. The number of fused-ring (bicyclic) bond motifs is 1. The second-order valence-corrected chi connectivity index (χ2v) is 5.62. The van der Waals surface area contributed by atoms with Gasteiger partial charge in [0.2, 0.25) is 0 Å². The second kappa shape index (κ2) is 5.25. The summed E-state index contributed by atoms with van der Waals surface area (Å²) >= 11 is 0. The van der Waals surface area contributed by atoms with Crippen molar-refractivity contribution >= 4 is 0 Å². The molecule has 5 atom stereocenters. The molecule has 7 heteroatoms. The third-order valence-electron chi connectivity index (χ3n) is 4.41. The first-order valence-corrected chi connectivity index (χ1v) is 7.01. The van der Waals surface area contributed by atoms with Crippen LogP contribution < -0.4 is 11.2 Å². The lowest BCUT2D eigenvalue weighted by Gasteiger charge is -2.25. The van der Waals surface area contributed by atoms with E-state index in [1.807, 2.05) is 6.08 Å². The molecule has 0 aliphatic heterocycles. The maximum atomic E-state index is 12.2. The molecule has 1 saturated carbocycles. The number of aliphatic hydroxyl groups excluding tert-OH is 3. The van der Waals surface area contributed by atoms with E-state index in [-0.39, 0.29) is 11.6 Å². The van der Waals surface area contributed by atoms with Crippen LogP contribution in [0.5, 0.6) is 0 Å². The molecule has 1 aromatic rings. The van der Waals surface area contributed by atoms with Crippen molar-refractivity contribution in [1.82, 2.24) is 9.55 Å². The van der Waals surface area contributed by atoms with E-state index in [0.717, 1.165) is 5.57 Å². The molecular weight excluding hydrogens is 274 g/mol. The van der Waals surface area contributed by atoms with E-state index >= 15 is 0 Å². The minimum atomic E-state index is -1.07. The van der Waals surface area contributed by atoms with Gasteiger partial charge >= 0.3 is 5.69 Å². The summed E-state index contributed by atoms with van der Waals surface area (Å²) in [6.45, 7) is 0. The Hall–Kier alpha value is -1.70. The third-order valence-corrected chi connectivity index (χ3v) is 4.41. The van der Waals surface area contributed by atoms with Gasteiger partial charge in [-0.15, -0.1) is 0 Å². The molecule has 4 N–H and O–H groups in total. The largest absolute Gasteiger partial charge is 0.393 e.